The first-order chi connectivity index (χ1) is 11.0. The molecule has 2 rings (SSSR count). The van der Waals surface area contributed by atoms with Crippen molar-refractivity contribution < 1.29 is 23.9 Å². The zero-order chi connectivity index (χ0) is 16.9. The zero-order valence-corrected chi connectivity index (χ0v) is 13.4. The van der Waals surface area contributed by atoms with Crippen LogP contribution in [0.2, 0.25) is 0 Å². The van der Waals surface area contributed by atoms with E-state index in [1.165, 1.54) is 18.9 Å². The van der Waals surface area contributed by atoms with Gasteiger partial charge in [0.2, 0.25) is 0 Å². The lowest BCUT2D eigenvalue weighted by Crippen LogP contribution is -2.53. The van der Waals surface area contributed by atoms with Crippen molar-refractivity contribution in [1.29, 1.82) is 0 Å². The highest BCUT2D eigenvalue weighted by Crippen LogP contribution is 2.32. The quantitative estimate of drug-likeness (QED) is 0.628. The molecule has 0 spiro atoms. The number of ketones is 1. The van der Waals surface area contributed by atoms with Gasteiger partial charge in [0.25, 0.3) is 0 Å². The molecule has 23 heavy (non-hydrogen) atoms. The molecule has 1 heterocycles. The number of Topliss-reactive ketones (excluding diaryl/α,β-unsaturated/α-hetero) is 1. The fraction of sp³-hybridized carbons (Fsp3) is 0.471. The van der Waals surface area contributed by atoms with Crippen LogP contribution in [0.4, 0.5) is 4.79 Å². The van der Waals surface area contributed by atoms with Crippen LogP contribution >= 0.6 is 0 Å². The van der Waals surface area contributed by atoms with E-state index in [1.54, 1.807) is 0 Å². The van der Waals surface area contributed by atoms with Gasteiger partial charge in [-0.15, -0.1) is 0 Å². The number of benzene rings is 1. The number of piperidine rings is 1. The summed E-state index contributed by atoms with van der Waals surface area (Å²) < 4.78 is 10.1. The predicted molar refractivity (Wildman–Crippen MR) is 82.6 cm³/mol. The largest absolute Gasteiger partial charge is 0.468 e. The highest BCUT2D eigenvalue weighted by Gasteiger charge is 2.48. The van der Waals surface area contributed by atoms with E-state index >= 15 is 0 Å². The number of hydrogen-bond donors (Lipinski definition) is 0. The van der Waals surface area contributed by atoms with Crippen molar-refractivity contribution >= 4 is 17.8 Å². The summed E-state index contributed by atoms with van der Waals surface area (Å²) in [5.74, 6) is -0.879. The Bertz CT molecular complexity index is 586. The molecule has 0 N–H and O–H groups in total. The summed E-state index contributed by atoms with van der Waals surface area (Å²) in [4.78, 5) is 37.7. The number of carbonyl (C=O) groups excluding carboxylic acids is 3. The molecule has 6 heteroatoms. The number of likely N-dealkylation sites (tertiary alicyclic amines) is 1. The van der Waals surface area contributed by atoms with Gasteiger partial charge in [0.05, 0.1) is 7.11 Å². The molecular formula is C17H21NO5. The molecule has 1 fully saturated rings. The van der Waals surface area contributed by atoms with Gasteiger partial charge >= 0.3 is 12.1 Å². The molecule has 1 aromatic carbocycles. The second-order valence-corrected chi connectivity index (χ2v) is 5.70. The minimum atomic E-state index is -1.28. The number of amides is 1. The van der Waals surface area contributed by atoms with Crippen LogP contribution < -0.4 is 0 Å². The van der Waals surface area contributed by atoms with Crippen LogP contribution in [0.3, 0.4) is 0 Å². The average molecular weight is 319 g/mol. The molecule has 1 saturated heterocycles. The number of esters is 1. The Morgan fingerprint density at radius 2 is 1.91 bits per heavy atom. The lowest BCUT2D eigenvalue weighted by atomic mass is 9.77. The maximum absolute atomic E-state index is 12.2. The Labute approximate surface area is 135 Å². The summed E-state index contributed by atoms with van der Waals surface area (Å²) >= 11 is 0. The Hall–Kier alpha value is -2.37. The molecule has 0 radical (unpaired) electrons. The number of rotatable bonds is 4. The minimum absolute atomic E-state index is 0.00261. The van der Waals surface area contributed by atoms with Gasteiger partial charge < -0.3 is 14.4 Å². The minimum Gasteiger partial charge on any atom is -0.468 e. The maximum Gasteiger partial charge on any atom is 0.410 e. The van der Waals surface area contributed by atoms with E-state index in [0.717, 1.165) is 5.56 Å². The van der Waals surface area contributed by atoms with E-state index in [-0.39, 0.29) is 18.9 Å². The first-order valence-electron chi connectivity index (χ1n) is 7.54. The Balaban J connectivity index is 2.03. The molecule has 1 unspecified atom stereocenters. The molecular weight excluding hydrogens is 298 g/mol. The van der Waals surface area contributed by atoms with E-state index in [0.29, 0.717) is 19.4 Å². The van der Waals surface area contributed by atoms with E-state index < -0.39 is 17.5 Å². The number of nitrogens with zero attached hydrogens (tertiary/aromatic N) is 1. The van der Waals surface area contributed by atoms with Crippen LogP contribution in [0.1, 0.15) is 25.3 Å². The smallest absolute Gasteiger partial charge is 0.410 e. The lowest BCUT2D eigenvalue weighted by molar-refractivity contribution is -0.160. The van der Waals surface area contributed by atoms with Gasteiger partial charge in [-0.2, -0.15) is 0 Å². The van der Waals surface area contributed by atoms with Crippen molar-refractivity contribution in [2.24, 2.45) is 5.41 Å². The van der Waals surface area contributed by atoms with E-state index in [1.807, 2.05) is 30.3 Å². The molecule has 6 nitrogen and oxygen atoms in total. The third kappa shape index (κ3) is 3.70. The molecule has 0 bridgehead atoms. The number of carbonyl (C=O) groups is 3. The van der Waals surface area contributed by atoms with E-state index in [9.17, 15) is 14.4 Å². The van der Waals surface area contributed by atoms with Crippen molar-refractivity contribution in [3.05, 3.63) is 35.9 Å². The lowest BCUT2D eigenvalue weighted by Gasteiger charge is -2.38. The summed E-state index contributed by atoms with van der Waals surface area (Å²) in [5, 5.41) is 0. The fourth-order valence-corrected chi connectivity index (χ4v) is 2.82. The molecule has 0 saturated carbocycles. The topological polar surface area (TPSA) is 72.9 Å². The third-order valence-electron chi connectivity index (χ3n) is 4.21. The number of hydrogen-bond acceptors (Lipinski definition) is 5. The second kappa shape index (κ2) is 7.26. The van der Waals surface area contributed by atoms with Crippen LogP contribution in [-0.2, 0) is 25.7 Å². The second-order valence-electron chi connectivity index (χ2n) is 5.70. The van der Waals surface area contributed by atoms with Crippen LogP contribution in [0.25, 0.3) is 0 Å². The van der Waals surface area contributed by atoms with Crippen LogP contribution in [0.15, 0.2) is 30.3 Å². The predicted octanol–water partition coefficient (Wildman–Crippen LogP) is 2.17. The molecule has 124 valence electrons. The molecule has 1 aliphatic heterocycles. The van der Waals surface area contributed by atoms with Gasteiger partial charge in [0.1, 0.15) is 17.8 Å². The van der Waals surface area contributed by atoms with Gasteiger partial charge in [0.15, 0.2) is 0 Å². The summed E-state index contributed by atoms with van der Waals surface area (Å²) in [6.07, 6.45) is 0.412. The maximum atomic E-state index is 12.2. The average Bonchev–Trinajstić information content (AvgIpc) is 2.59. The van der Waals surface area contributed by atoms with Gasteiger partial charge in [-0.3, -0.25) is 9.59 Å². The van der Waals surface area contributed by atoms with Crippen molar-refractivity contribution in [3.63, 3.8) is 0 Å². The summed E-state index contributed by atoms with van der Waals surface area (Å²) in [6, 6.07) is 9.33. The normalized spacial score (nSPS) is 20.7. The van der Waals surface area contributed by atoms with Gasteiger partial charge in [-0.1, -0.05) is 30.3 Å². The Kier molecular flexibility index (Phi) is 5.36. The van der Waals surface area contributed by atoms with Gasteiger partial charge in [-0.05, 0) is 25.3 Å². The summed E-state index contributed by atoms with van der Waals surface area (Å²) in [6.45, 7) is 1.97. The molecule has 1 atom stereocenters. The Morgan fingerprint density at radius 3 is 2.52 bits per heavy atom. The van der Waals surface area contributed by atoms with Gasteiger partial charge in [0, 0.05) is 13.1 Å². The molecule has 1 amide bonds. The third-order valence-corrected chi connectivity index (χ3v) is 4.21. The van der Waals surface area contributed by atoms with Crippen molar-refractivity contribution in [3.8, 4) is 0 Å². The van der Waals surface area contributed by atoms with Crippen molar-refractivity contribution in [2.45, 2.75) is 26.4 Å². The highest BCUT2D eigenvalue weighted by molar-refractivity contribution is 6.03. The molecule has 1 aliphatic rings. The SMILES string of the molecule is COC(=O)C1(C(C)=O)CCCN(C(=O)OCc2ccccc2)C1. The van der Waals surface area contributed by atoms with Crippen molar-refractivity contribution in [2.75, 3.05) is 20.2 Å². The first kappa shape index (κ1) is 17.0. The van der Waals surface area contributed by atoms with Gasteiger partial charge in [-0.25, -0.2) is 4.79 Å². The van der Waals surface area contributed by atoms with Crippen LogP contribution in [0, 0.1) is 5.41 Å². The summed E-state index contributed by atoms with van der Waals surface area (Å²) in [7, 11) is 1.25. The van der Waals surface area contributed by atoms with Crippen LogP contribution in [0.5, 0.6) is 0 Å². The number of methoxy groups -OCH3 is 1. The van der Waals surface area contributed by atoms with E-state index in [2.05, 4.69) is 0 Å². The molecule has 0 aromatic heterocycles. The Morgan fingerprint density at radius 1 is 1.22 bits per heavy atom. The molecule has 1 aromatic rings. The van der Waals surface area contributed by atoms with E-state index in [4.69, 9.17) is 9.47 Å². The standard InChI is InChI=1S/C17H21NO5/c1-13(19)17(15(20)22-2)9-6-10-18(12-17)16(21)23-11-14-7-4-3-5-8-14/h3-5,7-8H,6,9-12H2,1-2H3. The summed E-state index contributed by atoms with van der Waals surface area (Å²) in [5.41, 5.74) is -0.401. The fourth-order valence-electron chi connectivity index (χ4n) is 2.82. The number of ether oxygens (including phenoxy) is 2. The zero-order valence-electron chi connectivity index (χ0n) is 13.4. The highest BCUT2D eigenvalue weighted by atomic mass is 16.6. The van der Waals surface area contributed by atoms with Crippen molar-refractivity contribution in [1.82, 2.24) is 4.90 Å². The van der Waals surface area contributed by atoms with Crippen LogP contribution in [-0.4, -0.2) is 42.9 Å². The monoisotopic (exact) mass is 319 g/mol. The molecule has 0 aliphatic carbocycles. The first-order valence-corrected chi connectivity index (χ1v) is 7.54.